The molecule has 0 heterocycles. The smallest absolute Gasteiger partial charge is 0.180 e. The Hall–Kier alpha value is -0.670. The summed E-state index contributed by atoms with van der Waals surface area (Å²) in [6.07, 6.45) is 0. The lowest BCUT2D eigenvalue weighted by Crippen LogP contribution is -2.48. The van der Waals surface area contributed by atoms with Crippen molar-refractivity contribution in [3.8, 4) is 0 Å². The zero-order valence-electron chi connectivity index (χ0n) is 11.4. The van der Waals surface area contributed by atoms with Crippen LogP contribution in [0.25, 0.3) is 0 Å². The third kappa shape index (κ3) is 78.6. The minimum atomic E-state index is -0.250. The lowest BCUT2D eigenvalue weighted by molar-refractivity contribution is -0.361. The molecule has 0 aliphatic rings. The molecule has 7 nitrogen and oxygen atoms in total. The first-order valence-corrected chi connectivity index (χ1v) is 6.25. The Kier molecular flexibility index (Phi) is 52.0. The van der Waals surface area contributed by atoms with Gasteiger partial charge in [0.25, 0.3) is 0 Å². The van der Waals surface area contributed by atoms with Crippen molar-refractivity contribution in [1.82, 2.24) is 10.7 Å². The second-order valence-electron chi connectivity index (χ2n) is 2.25. The fourth-order valence-corrected chi connectivity index (χ4v) is 0.550. The first-order chi connectivity index (χ1) is 8.55. The molecule has 0 fully saturated rings. The van der Waals surface area contributed by atoms with Crippen LogP contribution < -0.4 is 28.1 Å². The maximum atomic E-state index is 7.35. The van der Waals surface area contributed by atoms with E-state index in [-0.39, 0.29) is 6.73 Å². The Morgan fingerprint density at radius 2 is 1.83 bits per heavy atom. The number of aliphatic imine (C=N–C) groups is 1. The van der Waals surface area contributed by atoms with Gasteiger partial charge in [-0.1, -0.05) is 0 Å². The number of thiocarbonyl (C=S) groups is 2. The molecule has 0 saturated carbocycles. The summed E-state index contributed by atoms with van der Waals surface area (Å²) in [7, 11) is 0. The number of nitrogens with one attached hydrogen (secondary N) is 2. The van der Waals surface area contributed by atoms with Gasteiger partial charge in [0.05, 0.1) is 18.4 Å². The van der Waals surface area contributed by atoms with Crippen molar-refractivity contribution in [3.05, 3.63) is 0 Å². The van der Waals surface area contributed by atoms with Gasteiger partial charge < -0.3 is 27.3 Å². The van der Waals surface area contributed by atoms with Crippen LogP contribution in [0, 0.1) is 0 Å². The molecule has 110 valence electrons. The van der Waals surface area contributed by atoms with E-state index in [1.54, 1.807) is 0 Å². The van der Waals surface area contributed by atoms with E-state index in [1.165, 1.54) is 0 Å². The first kappa shape index (κ1) is 26.0. The van der Waals surface area contributed by atoms with E-state index in [2.05, 4.69) is 56.8 Å². The van der Waals surface area contributed by atoms with E-state index >= 15 is 0 Å². The summed E-state index contributed by atoms with van der Waals surface area (Å²) in [5.74, 6) is 4.90. The highest BCUT2D eigenvalue weighted by molar-refractivity contribution is 7.80. The fourth-order valence-electron chi connectivity index (χ4n) is 0.276. The van der Waals surface area contributed by atoms with Crippen LogP contribution in [0.3, 0.4) is 0 Å². The number of aliphatic hydroxyl groups is 1. The van der Waals surface area contributed by atoms with Crippen LogP contribution in [0.2, 0.25) is 0 Å². The monoisotopic (exact) mass is 299 g/mol. The highest BCUT2D eigenvalue weighted by Crippen LogP contribution is 1.56. The molecule has 9 heteroatoms. The molecular weight excluding hydrogens is 272 g/mol. The molecule has 10 N–H and O–H groups in total. The van der Waals surface area contributed by atoms with E-state index in [1.807, 2.05) is 20.8 Å². The van der Waals surface area contributed by atoms with Crippen molar-refractivity contribution in [2.45, 2.75) is 20.8 Å². The maximum Gasteiger partial charge on any atom is 0.180 e. The maximum absolute atomic E-state index is 7.35. The van der Waals surface area contributed by atoms with Crippen molar-refractivity contribution in [2.75, 3.05) is 26.4 Å². The highest BCUT2D eigenvalue weighted by atomic mass is 32.1. The predicted molar refractivity (Wildman–Crippen MR) is 83.9 cm³/mol. The molecular formula is C9H27N6OS2+. The van der Waals surface area contributed by atoms with Crippen LogP contribution in [-0.2, 0) is 0 Å². The third-order valence-corrected chi connectivity index (χ3v) is 1.08. The zero-order chi connectivity index (χ0) is 15.2. The van der Waals surface area contributed by atoms with Crippen LogP contribution >= 0.6 is 24.4 Å². The van der Waals surface area contributed by atoms with Crippen molar-refractivity contribution in [3.63, 3.8) is 0 Å². The summed E-state index contributed by atoms with van der Waals surface area (Å²) in [4.78, 5) is 3.54. The van der Waals surface area contributed by atoms with Gasteiger partial charge in [0, 0.05) is 13.1 Å². The average Bonchev–Trinajstić information content (AvgIpc) is 2.33. The van der Waals surface area contributed by atoms with E-state index < -0.39 is 0 Å². The number of hydrogen-bond donors (Lipinski definition) is 6. The Morgan fingerprint density at radius 1 is 1.44 bits per heavy atom. The molecule has 0 rings (SSSR count). The van der Waals surface area contributed by atoms with Crippen LogP contribution in [0.4, 0.5) is 0 Å². The summed E-state index contributed by atoms with van der Waals surface area (Å²) < 4.78 is 0. The van der Waals surface area contributed by atoms with Gasteiger partial charge in [-0.2, -0.15) is 0 Å². The predicted octanol–water partition coefficient (Wildman–Crippen LogP) is -1.40. The van der Waals surface area contributed by atoms with Gasteiger partial charge in [-0.25, -0.2) is 10.8 Å². The van der Waals surface area contributed by atoms with Gasteiger partial charge in [0.2, 0.25) is 0 Å². The topological polar surface area (TPSA) is 136 Å². The van der Waals surface area contributed by atoms with Gasteiger partial charge in [-0.05, 0) is 45.2 Å². The minimum absolute atomic E-state index is 0.250. The number of nitrogens with zero attached hydrogens (tertiary/aromatic N) is 1. The Morgan fingerprint density at radius 3 is 1.89 bits per heavy atom. The molecule has 0 radical (unpaired) electrons. The van der Waals surface area contributed by atoms with Crippen molar-refractivity contribution in [2.24, 2.45) is 16.6 Å². The molecule has 0 aliphatic heterocycles. The molecule has 0 atom stereocenters. The van der Waals surface area contributed by atoms with E-state index in [9.17, 15) is 0 Å². The molecule has 0 bridgehead atoms. The van der Waals surface area contributed by atoms with Gasteiger partial charge in [-0.15, -0.1) is 0 Å². The third-order valence-electron chi connectivity index (χ3n) is 0.691. The number of aliphatic hydroxyl groups excluding tert-OH is 1. The lowest BCUT2D eigenvalue weighted by Gasteiger charge is -2.00. The molecule has 0 unspecified atom stereocenters. The number of hydrazine groups is 1. The second-order valence-corrected chi connectivity index (χ2v) is 2.84. The molecule has 0 amide bonds. The number of rotatable bonds is 2. The first-order valence-electron chi connectivity index (χ1n) is 5.44. The van der Waals surface area contributed by atoms with Crippen LogP contribution in [-0.4, -0.2) is 41.7 Å². The largest absolute Gasteiger partial charge is 0.382 e. The molecule has 18 heavy (non-hydrogen) atoms. The molecule has 0 aromatic heterocycles. The Labute approximate surface area is 120 Å². The average molecular weight is 299 g/mol. The Bertz CT molecular complexity index is 186. The van der Waals surface area contributed by atoms with Gasteiger partial charge in [0.1, 0.15) is 0 Å². The normalized spacial score (nSPS) is 6.61. The highest BCUT2D eigenvalue weighted by Gasteiger charge is 1.81. The van der Waals surface area contributed by atoms with Crippen molar-refractivity contribution in [1.29, 1.82) is 0 Å². The van der Waals surface area contributed by atoms with E-state index in [0.717, 1.165) is 19.6 Å². The summed E-state index contributed by atoms with van der Waals surface area (Å²) in [5, 5.41) is 12.9. The summed E-state index contributed by atoms with van der Waals surface area (Å²) in [5.41, 5.74) is 10.2. The van der Waals surface area contributed by atoms with Crippen LogP contribution in [0.15, 0.2) is 4.99 Å². The second kappa shape index (κ2) is 36.0. The number of nitrogens with two attached hydrogens (primary N) is 2. The van der Waals surface area contributed by atoms with Gasteiger partial charge in [-0.3, -0.25) is 0 Å². The standard InChI is InChI=1S/C3H9N3S.C3H5NS.C2H7N.CH5NO/c1-2-5-3(7)6-4;1-2-4-3-5;1-2-3;2-1-3/h2,4H2,1H3,(H2,5,6,7);2H2,1H3;2-3H2,1H3;3H,1-2H2/p+1. The van der Waals surface area contributed by atoms with Gasteiger partial charge in [0.15, 0.2) is 5.11 Å². The number of quaternary nitrogens is 1. The van der Waals surface area contributed by atoms with Gasteiger partial charge >= 0.3 is 0 Å². The fraction of sp³-hybridized carbons (Fsp3) is 0.778. The van der Waals surface area contributed by atoms with Crippen LogP contribution in [0.1, 0.15) is 20.8 Å². The molecule has 0 aromatic rings. The minimum Gasteiger partial charge on any atom is -0.382 e. The number of hydrogen-bond acceptors (Lipinski definition) is 6. The van der Waals surface area contributed by atoms with Crippen molar-refractivity contribution >= 4 is 34.7 Å². The van der Waals surface area contributed by atoms with E-state index in [4.69, 9.17) is 10.9 Å². The quantitative estimate of drug-likeness (QED) is 0.121. The molecule has 0 spiro atoms. The molecule has 0 saturated heterocycles. The summed E-state index contributed by atoms with van der Waals surface area (Å²) in [6, 6.07) is 0. The zero-order valence-corrected chi connectivity index (χ0v) is 13.0. The SMILES string of the molecule is CCN=C=S.CCNC(=S)NN.CC[NH3+].NCO. The lowest BCUT2D eigenvalue weighted by atomic mass is 10.8. The summed E-state index contributed by atoms with van der Waals surface area (Å²) in [6.45, 7) is 8.19. The van der Waals surface area contributed by atoms with Crippen molar-refractivity contribution < 1.29 is 10.8 Å². The number of isothiocyanates is 1. The van der Waals surface area contributed by atoms with Crippen LogP contribution in [0.5, 0.6) is 0 Å². The summed E-state index contributed by atoms with van der Waals surface area (Å²) >= 11 is 8.84. The molecule has 0 aliphatic carbocycles. The Balaban J connectivity index is -0.0000000784. The molecule has 0 aromatic carbocycles. The van der Waals surface area contributed by atoms with E-state index in [0.29, 0.717) is 5.11 Å².